The minimum atomic E-state index is -4.96. The number of hydrogen-bond acceptors (Lipinski definition) is 15. The number of carbonyl (C=O) groups excluding carboxylic acids is 4. The van der Waals surface area contributed by atoms with E-state index in [4.69, 9.17) is 37.0 Å². The van der Waals surface area contributed by atoms with Gasteiger partial charge in [0.25, 0.3) is 0 Å². The van der Waals surface area contributed by atoms with Gasteiger partial charge in [-0.1, -0.05) is 395 Å². The number of aliphatic hydroxyl groups excluding tert-OH is 1. The van der Waals surface area contributed by atoms with Crippen LogP contribution in [0.4, 0.5) is 0 Å². The minimum absolute atomic E-state index is 0.104. The third-order valence-electron chi connectivity index (χ3n) is 19.7. The number of phosphoric ester groups is 2. The average molecular weight is 1510 g/mol. The highest BCUT2D eigenvalue weighted by molar-refractivity contribution is 7.47. The van der Waals surface area contributed by atoms with Crippen LogP contribution in [-0.2, 0) is 65.4 Å². The zero-order valence-electron chi connectivity index (χ0n) is 67.6. The van der Waals surface area contributed by atoms with Crippen LogP contribution in [0.5, 0.6) is 0 Å². The fourth-order valence-electron chi connectivity index (χ4n) is 13.1. The second-order valence-corrected chi connectivity index (χ2v) is 34.1. The van der Waals surface area contributed by atoms with Gasteiger partial charge < -0.3 is 33.8 Å². The van der Waals surface area contributed by atoms with Gasteiger partial charge >= 0.3 is 39.5 Å². The zero-order valence-corrected chi connectivity index (χ0v) is 69.4. The topological polar surface area (TPSA) is 237 Å². The highest BCUT2D eigenvalue weighted by Crippen LogP contribution is 2.45. The molecular weight excluding hydrogens is 1340 g/mol. The third-order valence-corrected chi connectivity index (χ3v) is 21.6. The van der Waals surface area contributed by atoms with Gasteiger partial charge in [-0.25, -0.2) is 9.13 Å². The van der Waals surface area contributed by atoms with Crippen molar-refractivity contribution in [2.45, 2.75) is 464 Å². The van der Waals surface area contributed by atoms with Crippen LogP contribution in [0, 0.1) is 11.8 Å². The van der Waals surface area contributed by atoms with Gasteiger partial charge in [-0.05, 0) is 37.5 Å². The lowest BCUT2D eigenvalue weighted by Crippen LogP contribution is -2.30. The van der Waals surface area contributed by atoms with E-state index in [0.717, 1.165) is 102 Å². The van der Waals surface area contributed by atoms with Gasteiger partial charge in [-0.15, -0.1) is 0 Å². The summed E-state index contributed by atoms with van der Waals surface area (Å²) in [6, 6.07) is 0. The minimum Gasteiger partial charge on any atom is -0.462 e. The van der Waals surface area contributed by atoms with Gasteiger partial charge in [-0.3, -0.25) is 37.3 Å². The van der Waals surface area contributed by atoms with Crippen molar-refractivity contribution in [2.24, 2.45) is 11.8 Å². The molecule has 0 aliphatic heterocycles. The monoisotopic (exact) mass is 1510 g/mol. The van der Waals surface area contributed by atoms with E-state index in [2.05, 4.69) is 41.5 Å². The molecule has 0 radical (unpaired) electrons. The predicted octanol–water partition coefficient (Wildman–Crippen LogP) is 25.5. The SMILES string of the molecule is CCCCCCCCCCCCCCCCCCCCCCCCC(=O)O[C@H](COC(=O)CCCCCCCCCCCCCCCCCCCCCC)COP(=O)(O)OC[C@@H](O)COP(=O)(O)OC[C@@H](COC(=O)CCCCCCCCCC(C)C)OC(=O)CCCCCCCCCCC(C)C. The van der Waals surface area contributed by atoms with E-state index in [1.54, 1.807) is 0 Å². The summed E-state index contributed by atoms with van der Waals surface area (Å²) in [5.74, 6) is -0.688. The molecule has 0 bridgehead atoms. The van der Waals surface area contributed by atoms with Crippen molar-refractivity contribution in [2.75, 3.05) is 39.6 Å². The number of unbranched alkanes of at least 4 members (excludes halogenated alkanes) is 53. The Balaban J connectivity index is 5.18. The van der Waals surface area contributed by atoms with Gasteiger partial charge in [0.2, 0.25) is 0 Å². The van der Waals surface area contributed by atoms with Crippen LogP contribution >= 0.6 is 15.6 Å². The molecule has 3 N–H and O–H groups in total. The summed E-state index contributed by atoms with van der Waals surface area (Å²) in [4.78, 5) is 73.0. The summed E-state index contributed by atoms with van der Waals surface area (Å²) in [5.41, 5.74) is 0. The predicted molar refractivity (Wildman–Crippen MR) is 423 cm³/mol. The number of ether oxygens (including phenoxy) is 4. The molecule has 0 saturated heterocycles. The molecule has 0 aromatic heterocycles. The van der Waals surface area contributed by atoms with Gasteiger partial charge in [-0.2, -0.15) is 0 Å². The van der Waals surface area contributed by atoms with Gasteiger partial charge in [0.05, 0.1) is 26.4 Å². The summed E-state index contributed by atoms with van der Waals surface area (Å²) in [6.45, 7) is 9.54. The molecule has 0 fully saturated rings. The highest BCUT2D eigenvalue weighted by atomic mass is 31.2. The molecule has 17 nitrogen and oxygen atoms in total. The maximum absolute atomic E-state index is 13.1. The van der Waals surface area contributed by atoms with Crippen molar-refractivity contribution < 1.29 is 80.2 Å². The van der Waals surface area contributed by atoms with Gasteiger partial charge in [0.15, 0.2) is 12.2 Å². The summed E-state index contributed by atoms with van der Waals surface area (Å²) < 4.78 is 68.7. The molecular formula is C84H164O17P2. The Morgan fingerprint density at radius 1 is 0.262 bits per heavy atom. The molecule has 0 aromatic rings. The van der Waals surface area contributed by atoms with Crippen LogP contribution in [0.3, 0.4) is 0 Å². The molecule has 0 aliphatic carbocycles. The molecule has 19 heteroatoms. The van der Waals surface area contributed by atoms with Crippen LogP contribution in [0.2, 0.25) is 0 Å². The van der Waals surface area contributed by atoms with Crippen molar-refractivity contribution in [1.29, 1.82) is 0 Å². The van der Waals surface area contributed by atoms with E-state index in [9.17, 15) is 43.2 Å². The van der Waals surface area contributed by atoms with Crippen molar-refractivity contribution in [3.63, 3.8) is 0 Å². The first-order valence-electron chi connectivity index (χ1n) is 43.5. The Morgan fingerprint density at radius 3 is 0.660 bits per heavy atom. The van der Waals surface area contributed by atoms with Crippen molar-refractivity contribution in [3.8, 4) is 0 Å². The number of hydrogen-bond donors (Lipinski definition) is 3. The van der Waals surface area contributed by atoms with Crippen LogP contribution in [0.15, 0.2) is 0 Å². The molecule has 5 atom stereocenters. The van der Waals surface area contributed by atoms with E-state index in [0.29, 0.717) is 31.6 Å². The summed E-state index contributed by atoms with van der Waals surface area (Å²) in [6.07, 6.45) is 67.1. The Morgan fingerprint density at radius 2 is 0.447 bits per heavy atom. The molecule has 612 valence electrons. The summed E-state index contributed by atoms with van der Waals surface area (Å²) >= 11 is 0. The van der Waals surface area contributed by atoms with Gasteiger partial charge in [0, 0.05) is 25.7 Å². The van der Waals surface area contributed by atoms with E-state index >= 15 is 0 Å². The number of carbonyl (C=O) groups is 4. The Kier molecular flexibility index (Phi) is 74.1. The maximum atomic E-state index is 13.1. The Labute approximate surface area is 632 Å². The molecule has 2 unspecified atom stereocenters. The average Bonchev–Trinajstić information content (AvgIpc) is 0.915. The number of rotatable bonds is 83. The molecule has 0 amide bonds. The zero-order chi connectivity index (χ0) is 75.6. The Hall–Kier alpha value is -1.94. The number of aliphatic hydroxyl groups is 1. The lowest BCUT2D eigenvalue weighted by molar-refractivity contribution is -0.161. The molecule has 0 saturated carbocycles. The van der Waals surface area contributed by atoms with E-state index < -0.39 is 97.5 Å². The first-order valence-corrected chi connectivity index (χ1v) is 46.5. The maximum Gasteiger partial charge on any atom is 0.472 e. The largest absolute Gasteiger partial charge is 0.472 e. The van der Waals surface area contributed by atoms with E-state index in [1.165, 1.54) is 257 Å². The van der Waals surface area contributed by atoms with Crippen LogP contribution in [-0.4, -0.2) is 96.7 Å². The fourth-order valence-corrected chi connectivity index (χ4v) is 14.6. The first kappa shape index (κ1) is 101. The van der Waals surface area contributed by atoms with Crippen molar-refractivity contribution >= 4 is 39.5 Å². The molecule has 0 aromatic carbocycles. The summed E-state index contributed by atoms with van der Waals surface area (Å²) in [7, 11) is -9.92. The quantitative estimate of drug-likeness (QED) is 0.0222. The third kappa shape index (κ3) is 78.0. The number of esters is 4. The standard InChI is InChI=1S/C84H164O17P2/c1-7-9-11-13-15-17-19-21-23-25-27-29-30-32-34-36-38-40-42-49-56-62-68-83(88)100-79(72-94-81(86)66-60-54-48-41-39-37-35-33-31-28-26-24-22-20-18-16-14-12-10-8-2)74-98-102(90,91)96-70-78(85)71-97-103(92,93)99-75-80(73-95-82(87)67-61-55-51-45-47-53-59-65-77(5)6)101-84(89)69-63-57-50-44-43-46-52-58-64-76(3)4/h76-80,85H,7-75H2,1-6H3,(H,90,91)(H,92,93)/t78-,79-,80-/m1/s1. The molecule has 0 rings (SSSR count). The van der Waals surface area contributed by atoms with Crippen molar-refractivity contribution in [1.82, 2.24) is 0 Å². The highest BCUT2D eigenvalue weighted by Gasteiger charge is 2.30. The van der Waals surface area contributed by atoms with E-state index in [1.807, 2.05) is 0 Å². The smallest absolute Gasteiger partial charge is 0.462 e. The number of phosphoric acid groups is 2. The normalized spacial score (nSPS) is 13.9. The molecule has 0 spiro atoms. The second-order valence-electron chi connectivity index (χ2n) is 31.2. The Bertz CT molecular complexity index is 1980. The lowest BCUT2D eigenvalue weighted by Gasteiger charge is -2.21. The first-order chi connectivity index (χ1) is 49.9. The molecule has 103 heavy (non-hydrogen) atoms. The van der Waals surface area contributed by atoms with Crippen LogP contribution in [0.25, 0.3) is 0 Å². The van der Waals surface area contributed by atoms with Crippen molar-refractivity contribution in [3.05, 3.63) is 0 Å². The summed E-state index contributed by atoms with van der Waals surface area (Å²) in [5, 5.41) is 10.6. The molecule has 0 aliphatic rings. The van der Waals surface area contributed by atoms with Crippen LogP contribution < -0.4 is 0 Å². The second kappa shape index (κ2) is 75.5. The molecule has 0 heterocycles. The lowest BCUT2D eigenvalue weighted by atomic mass is 10.0. The van der Waals surface area contributed by atoms with E-state index in [-0.39, 0.29) is 25.7 Å². The van der Waals surface area contributed by atoms with Crippen LogP contribution in [0.1, 0.15) is 446 Å². The fraction of sp³-hybridized carbons (Fsp3) is 0.952. The van der Waals surface area contributed by atoms with Gasteiger partial charge in [0.1, 0.15) is 19.3 Å².